The van der Waals surface area contributed by atoms with Crippen LogP contribution >= 0.6 is 11.3 Å². The lowest BCUT2D eigenvalue weighted by atomic mass is 10.2. The topological polar surface area (TPSA) is 47.4 Å². The fraction of sp³-hybridized carbons (Fsp3) is 0.556. The van der Waals surface area contributed by atoms with Gasteiger partial charge in [-0.15, -0.1) is 0 Å². The first-order valence-electron chi connectivity index (χ1n) is 8.62. The molecule has 1 aliphatic heterocycles. The van der Waals surface area contributed by atoms with Crippen LogP contribution in [0, 0.1) is 0 Å². The van der Waals surface area contributed by atoms with Crippen LogP contribution in [0.25, 0.3) is 0 Å². The Balaban J connectivity index is 1.78. The quantitative estimate of drug-likeness (QED) is 0.772. The Morgan fingerprint density at radius 2 is 2.42 bits per heavy atom. The fourth-order valence-corrected chi connectivity index (χ4v) is 3.78. The van der Waals surface area contributed by atoms with Gasteiger partial charge in [-0.1, -0.05) is 13.3 Å². The molecular weight excluding hydrogens is 322 g/mol. The summed E-state index contributed by atoms with van der Waals surface area (Å²) in [5, 5.41) is 8.62. The summed E-state index contributed by atoms with van der Waals surface area (Å²) in [4.78, 5) is 15.0. The van der Waals surface area contributed by atoms with E-state index in [0.717, 1.165) is 38.0 Å². The number of carbonyl (C=O) groups is 1. The van der Waals surface area contributed by atoms with Crippen LogP contribution in [0.4, 0.5) is 0 Å². The summed E-state index contributed by atoms with van der Waals surface area (Å²) in [7, 11) is 1.85. The van der Waals surface area contributed by atoms with Crippen molar-refractivity contribution in [2.75, 3.05) is 13.2 Å². The van der Waals surface area contributed by atoms with Gasteiger partial charge >= 0.3 is 0 Å². The Morgan fingerprint density at radius 3 is 3.08 bits per heavy atom. The number of carbonyl (C=O) groups excluding carboxylic acids is 1. The summed E-state index contributed by atoms with van der Waals surface area (Å²) in [5.41, 5.74) is 2.81. The molecule has 0 radical (unpaired) electrons. The number of nitrogens with zero attached hydrogens (tertiary/aromatic N) is 3. The van der Waals surface area contributed by atoms with Crippen LogP contribution in [0.3, 0.4) is 0 Å². The van der Waals surface area contributed by atoms with E-state index in [0.29, 0.717) is 18.8 Å². The van der Waals surface area contributed by atoms with Gasteiger partial charge in [0.05, 0.1) is 11.8 Å². The minimum atomic E-state index is 0.0362. The molecule has 1 saturated heterocycles. The van der Waals surface area contributed by atoms with E-state index in [2.05, 4.69) is 23.5 Å². The first kappa shape index (κ1) is 17.2. The van der Waals surface area contributed by atoms with Gasteiger partial charge in [-0.25, -0.2) is 0 Å². The molecule has 0 aliphatic carbocycles. The van der Waals surface area contributed by atoms with Gasteiger partial charge in [0.1, 0.15) is 5.69 Å². The predicted molar refractivity (Wildman–Crippen MR) is 95.2 cm³/mol. The minimum Gasteiger partial charge on any atom is -0.376 e. The van der Waals surface area contributed by atoms with E-state index in [1.54, 1.807) is 16.0 Å². The molecule has 24 heavy (non-hydrogen) atoms. The number of hydrogen-bond acceptors (Lipinski definition) is 4. The number of thiophene rings is 1. The third kappa shape index (κ3) is 4.05. The largest absolute Gasteiger partial charge is 0.376 e. The highest BCUT2D eigenvalue weighted by atomic mass is 32.1. The van der Waals surface area contributed by atoms with Crippen LogP contribution in [-0.4, -0.2) is 39.8 Å². The van der Waals surface area contributed by atoms with Crippen LogP contribution in [-0.2, 0) is 24.8 Å². The van der Waals surface area contributed by atoms with Gasteiger partial charge in [0.25, 0.3) is 5.91 Å². The first-order chi connectivity index (χ1) is 11.7. The van der Waals surface area contributed by atoms with Gasteiger partial charge < -0.3 is 9.64 Å². The Labute approximate surface area is 147 Å². The lowest BCUT2D eigenvalue weighted by Crippen LogP contribution is -2.37. The molecule has 0 N–H and O–H groups in total. The summed E-state index contributed by atoms with van der Waals surface area (Å²) in [6.45, 7) is 4.19. The second kappa shape index (κ2) is 7.94. The predicted octanol–water partition coefficient (Wildman–Crippen LogP) is 3.26. The van der Waals surface area contributed by atoms with Crippen molar-refractivity contribution in [3.63, 3.8) is 0 Å². The van der Waals surface area contributed by atoms with Crippen molar-refractivity contribution in [2.45, 2.75) is 45.3 Å². The van der Waals surface area contributed by atoms with Crippen LogP contribution in [0.15, 0.2) is 22.9 Å². The summed E-state index contributed by atoms with van der Waals surface area (Å²) in [6, 6.07) is 4.01. The van der Waals surface area contributed by atoms with Crippen molar-refractivity contribution in [3.05, 3.63) is 39.8 Å². The number of ether oxygens (including phenoxy) is 1. The molecule has 5 nitrogen and oxygen atoms in total. The molecule has 0 bridgehead atoms. The van der Waals surface area contributed by atoms with E-state index in [1.807, 2.05) is 23.4 Å². The molecule has 3 rings (SSSR count). The molecule has 3 heterocycles. The summed E-state index contributed by atoms with van der Waals surface area (Å²) in [6.07, 6.45) is 4.18. The van der Waals surface area contributed by atoms with Crippen LogP contribution in [0.5, 0.6) is 0 Å². The molecule has 1 amide bonds. The molecule has 1 fully saturated rings. The van der Waals surface area contributed by atoms with Crippen molar-refractivity contribution in [3.8, 4) is 0 Å². The van der Waals surface area contributed by atoms with Crippen molar-refractivity contribution in [2.24, 2.45) is 7.05 Å². The van der Waals surface area contributed by atoms with E-state index in [-0.39, 0.29) is 12.0 Å². The van der Waals surface area contributed by atoms with Crippen molar-refractivity contribution < 1.29 is 9.53 Å². The van der Waals surface area contributed by atoms with Crippen molar-refractivity contribution >= 4 is 17.2 Å². The molecule has 6 heteroatoms. The summed E-state index contributed by atoms with van der Waals surface area (Å²) < 4.78 is 7.46. The third-order valence-corrected chi connectivity index (χ3v) is 5.08. The SMILES string of the molecule is CCCc1cc(C(=O)N(Cc2ccsc2)C[C@H]2CCCO2)n(C)n1. The van der Waals surface area contributed by atoms with Crippen molar-refractivity contribution in [1.82, 2.24) is 14.7 Å². The van der Waals surface area contributed by atoms with Gasteiger partial charge in [0.2, 0.25) is 0 Å². The van der Waals surface area contributed by atoms with E-state index in [4.69, 9.17) is 4.74 Å². The number of hydrogen-bond donors (Lipinski definition) is 0. The third-order valence-electron chi connectivity index (χ3n) is 4.34. The number of aryl methyl sites for hydroxylation is 2. The van der Waals surface area contributed by atoms with Crippen molar-refractivity contribution in [1.29, 1.82) is 0 Å². The van der Waals surface area contributed by atoms with Gasteiger partial charge in [-0.3, -0.25) is 9.48 Å². The molecule has 0 saturated carbocycles. The van der Waals surface area contributed by atoms with Crippen LogP contribution in [0.1, 0.15) is 47.9 Å². The van der Waals surface area contributed by atoms with Crippen LogP contribution < -0.4 is 0 Å². The van der Waals surface area contributed by atoms with Gasteiger partial charge in [-0.05, 0) is 47.7 Å². The molecule has 1 aliphatic rings. The maximum absolute atomic E-state index is 13.1. The highest BCUT2D eigenvalue weighted by molar-refractivity contribution is 7.07. The second-order valence-corrected chi connectivity index (χ2v) is 7.13. The summed E-state index contributed by atoms with van der Waals surface area (Å²) >= 11 is 1.66. The molecule has 0 unspecified atom stereocenters. The van der Waals surface area contributed by atoms with Crippen LogP contribution in [0.2, 0.25) is 0 Å². The zero-order valence-corrected chi connectivity index (χ0v) is 15.2. The Bertz CT molecular complexity index is 660. The average molecular weight is 347 g/mol. The molecule has 0 spiro atoms. The minimum absolute atomic E-state index is 0.0362. The van der Waals surface area contributed by atoms with E-state index in [1.165, 1.54) is 5.56 Å². The number of aromatic nitrogens is 2. The summed E-state index contributed by atoms with van der Waals surface area (Å²) in [5.74, 6) is 0.0362. The molecule has 130 valence electrons. The second-order valence-electron chi connectivity index (χ2n) is 6.35. The van der Waals surface area contributed by atoms with Gasteiger partial charge in [0, 0.05) is 26.7 Å². The highest BCUT2D eigenvalue weighted by Crippen LogP contribution is 2.19. The highest BCUT2D eigenvalue weighted by Gasteiger charge is 2.25. The zero-order valence-electron chi connectivity index (χ0n) is 14.4. The van der Waals surface area contributed by atoms with E-state index in [9.17, 15) is 4.79 Å². The Morgan fingerprint density at radius 1 is 1.54 bits per heavy atom. The van der Waals surface area contributed by atoms with Gasteiger partial charge in [0.15, 0.2) is 0 Å². The normalized spacial score (nSPS) is 17.3. The lowest BCUT2D eigenvalue weighted by molar-refractivity contribution is 0.0499. The standard InChI is InChI=1S/C18H25N3O2S/c1-3-5-15-10-17(20(2)19-15)18(22)21(11-14-7-9-24-13-14)12-16-6-4-8-23-16/h7,9-10,13,16H,3-6,8,11-12H2,1-2H3/t16-/m1/s1. The molecule has 2 aromatic heterocycles. The maximum atomic E-state index is 13.1. The van der Waals surface area contributed by atoms with E-state index < -0.39 is 0 Å². The first-order valence-corrected chi connectivity index (χ1v) is 9.56. The number of rotatable bonds is 7. The van der Waals surface area contributed by atoms with E-state index >= 15 is 0 Å². The Hall–Kier alpha value is -1.66. The molecule has 0 aromatic carbocycles. The maximum Gasteiger partial charge on any atom is 0.272 e. The lowest BCUT2D eigenvalue weighted by Gasteiger charge is -2.25. The number of amides is 1. The van der Waals surface area contributed by atoms with Gasteiger partial charge in [-0.2, -0.15) is 16.4 Å². The average Bonchev–Trinajstić information content (AvgIpc) is 3.29. The molecule has 1 atom stereocenters. The fourth-order valence-electron chi connectivity index (χ4n) is 3.12. The molecule has 2 aromatic rings. The zero-order chi connectivity index (χ0) is 16.9. The molecular formula is C18H25N3O2S. The smallest absolute Gasteiger partial charge is 0.272 e. The Kier molecular flexibility index (Phi) is 5.68. The monoisotopic (exact) mass is 347 g/mol.